The maximum absolute atomic E-state index is 5.66. The summed E-state index contributed by atoms with van der Waals surface area (Å²) in [6, 6.07) is 18.4. The van der Waals surface area contributed by atoms with Crippen molar-refractivity contribution in [3.8, 4) is 17.1 Å². The number of aromatic nitrogens is 3. The quantitative estimate of drug-likeness (QED) is 0.651. The third-order valence-corrected chi connectivity index (χ3v) is 4.79. The van der Waals surface area contributed by atoms with Gasteiger partial charge >= 0.3 is 0 Å². The van der Waals surface area contributed by atoms with Crippen LogP contribution in [0.2, 0.25) is 0 Å². The summed E-state index contributed by atoms with van der Waals surface area (Å²) in [5, 5.41) is 4.79. The Balaban J connectivity index is 1.78. The number of hydrogen-bond donors (Lipinski definition) is 1. The Labute approximate surface area is 159 Å². The first-order valence-corrected chi connectivity index (χ1v) is 9.20. The van der Waals surface area contributed by atoms with E-state index in [2.05, 4.69) is 42.8 Å². The molecule has 0 radical (unpaired) electrons. The topological polar surface area (TPSA) is 36.4 Å². The van der Waals surface area contributed by atoms with Crippen molar-refractivity contribution >= 4 is 12.2 Å². The molecule has 0 aliphatic carbocycles. The molecule has 6 heteroatoms. The molecule has 5 nitrogen and oxygen atoms in total. The lowest BCUT2D eigenvalue weighted by Gasteiger charge is -2.14. The second kappa shape index (κ2) is 8.29. The summed E-state index contributed by atoms with van der Waals surface area (Å²) in [6.45, 7) is 4.52. The molecule has 0 saturated heterocycles. The molecule has 0 saturated carbocycles. The Hall–Kier alpha value is -2.44. The Morgan fingerprint density at radius 1 is 1.08 bits per heavy atom. The molecule has 1 heterocycles. The van der Waals surface area contributed by atoms with E-state index < -0.39 is 0 Å². The summed E-state index contributed by atoms with van der Waals surface area (Å²) in [5.41, 5.74) is 2.35. The first-order valence-electron chi connectivity index (χ1n) is 8.79. The highest BCUT2D eigenvalue weighted by Gasteiger charge is 2.14. The molecule has 2 aromatic carbocycles. The van der Waals surface area contributed by atoms with Crippen LogP contribution in [-0.4, -0.2) is 28.5 Å². The van der Waals surface area contributed by atoms with Crippen molar-refractivity contribution in [3.05, 3.63) is 64.9 Å². The van der Waals surface area contributed by atoms with Gasteiger partial charge < -0.3 is 14.2 Å². The van der Waals surface area contributed by atoms with Crippen LogP contribution in [0.3, 0.4) is 0 Å². The van der Waals surface area contributed by atoms with E-state index in [1.54, 1.807) is 7.11 Å². The number of methoxy groups -OCH3 is 1. The molecule has 0 fully saturated rings. The van der Waals surface area contributed by atoms with Gasteiger partial charge in [-0.2, -0.15) is 4.68 Å². The molecule has 0 amide bonds. The maximum atomic E-state index is 5.66. The van der Waals surface area contributed by atoms with Gasteiger partial charge in [-0.05, 0) is 43.4 Å². The summed E-state index contributed by atoms with van der Waals surface area (Å²) >= 11 is 5.66. The normalized spacial score (nSPS) is 12.1. The van der Waals surface area contributed by atoms with Crippen LogP contribution in [0.15, 0.2) is 54.6 Å². The van der Waals surface area contributed by atoms with Gasteiger partial charge in [-0.1, -0.05) is 30.3 Å². The van der Waals surface area contributed by atoms with Gasteiger partial charge in [0, 0.05) is 17.7 Å². The molecule has 3 aromatic rings. The second-order valence-corrected chi connectivity index (χ2v) is 6.72. The highest BCUT2D eigenvalue weighted by Crippen LogP contribution is 2.17. The fourth-order valence-electron chi connectivity index (χ4n) is 3.03. The minimum Gasteiger partial charge on any atom is -0.497 e. The Kier molecular flexibility index (Phi) is 5.85. The lowest BCUT2D eigenvalue weighted by Crippen LogP contribution is -3.07. The van der Waals surface area contributed by atoms with Gasteiger partial charge in [0.1, 0.15) is 12.3 Å². The lowest BCUT2D eigenvalue weighted by atomic mass is 10.2. The fourth-order valence-corrected chi connectivity index (χ4v) is 3.35. The number of nitrogens with one attached hydrogen (secondary N) is 1. The summed E-state index contributed by atoms with van der Waals surface area (Å²) in [7, 11) is 3.83. The molecule has 3 rings (SSSR count). The van der Waals surface area contributed by atoms with Crippen molar-refractivity contribution in [2.75, 3.05) is 14.2 Å². The molecule has 0 aliphatic heterocycles. The predicted octanol–water partition coefficient (Wildman–Crippen LogP) is 2.78. The van der Waals surface area contributed by atoms with Crippen LogP contribution < -0.4 is 9.64 Å². The fraction of sp³-hybridized carbons (Fsp3) is 0.300. The van der Waals surface area contributed by atoms with Crippen molar-refractivity contribution in [2.24, 2.45) is 0 Å². The van der Waals surface area contributed by atoms with E-state index in [4.69, 9.17) is 22.1 Å². The average molecular weight is 370 g/mol. The number of quaternary nitrogens is 1. The van der Waals surface area contributed by atoms with Gasteiger partial charge in [-0.25, -0.2) is 0 Å². The number of nitrogens with zero attached hydrogens (tertiary/aromatic N) is 3. The molecule has 0 spiro atoms. The predicted molar refractivity (Wildman–Crippen MR) is 106 cm³/mol. The number of hydrogen-bond acceptors (Lipinski definition) is 3. The summed E-state index contributed by atoms with van der Waals surface area (Å²) in [4.78, 5) is 1.31. The van der Waals surface area contributed by atoms with E-state index in [0.717, 1.165) is 41.7 Å². The Morgan fingerprint density at radius 2 is 1.77 bits per heavy atom. The molecule has 1 unspecified atom stereocenters. The van der Waals surface area contributed by atoms with Gasteiger partial charge in [0.2, 0.25) is 4.77 Å². The zero-order chi connectivity index (χ0) is 18.5. The third-order valence-electron chi connectivity index (χ3n) is 4.36. The number of rotatable bonds is 7. The zero-order valence-corrected chi connectivity index (χ0v) is 16.3. The van der Waals surface area contributed by atoms with Gasteiger partial charge in [0.15, 0.2) is 12.5 Å². The largest absolute Gasteiger partial charge is 0.497 e. The smallest absolute Gasteiger partial charge is 0.203 e. The second-order valence-electron chi connectivity index (χ2n) is 6.36. The Morgan fingerprint density at radius 3 is 2.38 bits per heavy atom. The molecule has 1 aromatic heterocycles. The van der Waals surface area contributed by atoms with Crippen molar-refractivity contribution in [1.82, 2.24) is 14.3 Å². The molecular formula is C20H25N4OS+. The molecule has 1 atom stereocenters. The third kappa shape index (κ3) is 4.03. The van der Waals surface area contributed by atoms with Crippen molar-refractivity contribution in [3.63, 3.8) is 0 Å². The number of benzene rings is 2. The molecule has 0 aliphatic rings. The first-order chi connectivity index (χ1) is 12.6. The van der Waals surface area contributed by atoms with Crippen LogP contribution in [0.4, 0.5) is 0 Å². The van der Waals surface area contributed by atoms with Crippen LogP contribution >= 0.6 is 12.2 Å². The van der Waals surface area contributed by atoms with E-state index in [9.17, 15) is 0 Å². The van der Waals surface area contributed by atoms with E-state index >= 15 is 0 Å². The summed E-state index contributed by atoms with van der Waals surface area (Å²) < 4.78 is 10.0. The van der Waals surface area contributed by atoms with Crippen molar-refractivity contribution in [1.29, 1.82) is 0 Å². The van der Waals surface area contributed by atoms with Crippen molar-refractivity contribution < 1.29 is 9.64 Å². The van der Waals surface area contributed by atoms with Crippen LogP contribution in [0.5, 0.6) is 5.75 Å². The van der Waals surface area contributed by atoms with Gasteiger partial charge in [-0.15, -0.1) is 5.10 Å². The van der Waals surface area contributed by atoms with Crippen LogP contribution in [0.25, 0.3) is 11.4 Å². The molecule has 0 bridgehead atoms. The Bertz CT molecular complexity index is 900. The highest BCUT2D eigenvalue weighted by atomic mass is 32.1. The van der Waals surface area contributed by atoms with Crippen LogP contribution in [0, 0.1) is 4.77 Å². The molecule has 26 heavy (non-hydrogen) atoms. The summed E-state index contributed by atoms with van der Waals surface area (Å²) in [6.07, 6.45) is 0. The minimum atomic E-state index is 0.720. The van der Waals surface area contributed by atoms with E-state index in [-0.39, 0.29) is 0 Å². The van der Waals surface area contributed by atoms with Crippen molar-refractivity contribution in [2.45, 2.75) is 26.7 Å². The van der Waals surface area contributed by atoms with Crippen LogP contribution in [0.1, 0.15) is 12.5 Å². The monoisotopic (exact) mass is 369 g/mol. The highest BCUT2D eigenvalue weighted by molar-refractivity contribution is 7.71. The lowest BCUT2D eigenvalue weighted by molar-refractivity contribution is -0.917. The average Bonchev–Trinajstić information content (AvgIpc) is 2.98. The zero-order valence-electron chi connectivity index (χ0n) is 15.5. The van der Waals surface area contributed by atoms with E-state index in [0.29, 0.717) is 0 Å². The van der Waals surface area contributed by atoms with Gasteiger partial charge in [-0.3, -0.25) is 0 Å². The first kappa shape index (κ1) is 18.4. The maximum Gasteiger partial charge on any atom is 0.203 e. The molecule has 136 valence electrons. The minimum absolute atomic E-state index is 0.720. The van der Waals surface area contributed by atoms with Crippen LogP contribution in [-0.2, 0) is 19.8 Å². The molecular weight excluding hydrogens is 344 g/mol. The van der Waals surface area contributed by atoms with Gasteiger partial charge in [0.05, 0.1) is 14.2 Å². The van der Waals surface area contributed by atoms with Gasteiger partial charge in [0.25, 0.3) is 0 Å². The van der Waals surface area contributed by atoms with E-state index in [1.807, 2.05) is 35.0 Å². The number of ether oxygens (including phenoxy) is 1. The standard InChI is InChI=1S/C20H24N4OS/c1-4-23-19(17-8-6-5-7-9-17)21-24(20(23)26)15-22(2)14-16-10-12-18(25-3)13-11-16/h5-13H,4,14-15H2,1-3H3/p+1. The molecule has 1 N–H and O–H groups in total. The SMILES string of the molecule is CCn1c(-c2ccccc2)nn(C[NH+](C)Cc2ccc(OC)cc2)c1=S. The van der Waals surface area contributed by atoms with E-state index in [1.165, 1.54) is 10.5 Å². The summed E-state index contributed by atoms with van der Waals surface area (Å²) in [5.74, 6) is 1.80.